The summed E-state index contributed by atoms with van der Waals surface area (Å²) in [6.45, 7) is 16.5. The average Bonchev–Trinajstić information content (AvgIpc) is 3.36. The molecule has 3 rings (SSSR count). The van der Waals surface area contributed by atoms with Crippen LogP contribution >= 0.6 is 0 Å². The summed E-state index contributed by atoms with van der Waals surface area (Å²) in [5.74, 6) is -2.61. The second-order valence-electron chi connectivity index (χ2n) is 11.1. The fourth-order valence-corrected chi connectivity index (χ4v) is 6.89. The molecular weight excluding hydrogens is 460 g/mol. The van der Waals surface area contributed by atoms with E-state index in [0.29, 0.717) is 19.5 Å². The number of hydrogen-bond donors (Lipinski definition) is 1. The van der Waals surface area contributed by atoms with Gasteiger partial charge in [-0.25, -0.2) is 0 Å². The van der Waals surface area contributed by atoms with Crippen molar-refractivity contribution in [2.75, 3.05) is 26.3 Å². The number of likely N-dealkylation sites (tertiary alicyclic amines) is 1. The van der Waals surface area contributed by atoms with Crippen LogP contribution in [0.15, 0.2) is 12.7 Å². The van der Waals surface area contributed by atoms with Crippen LogP contribution in [0.4, 0.5) is 0 Å². The van der Waals surface area contributed by atoms with Crippen molar-refractivity contribution in [3.8, 4) is 0 Å². The highest BCUT2D eigenvalue weighted by molar-refractivity contribution is 5.98. The minimum absolute atomic E-state index is 0.0383. The number of carbonyl (C=O) groups excluding carboxylic acids is 3. The summed E-state index contributed by atoms with van der Waals surface area (Å²) in [7, 11) is 0. The van der Waals surface area contributed by atoms with E-state index in [1.165, 1.54) is 0 Å². The Morgan fingerprint density at radius 1 is 1.33 bits per heavy atom. The number of rotatable bonds is 13. The smallest absolute Gasteiger partial charge is 0.312 e. The normalized spacial score (nSPS) is 34.4. The molecule has 0 aromatic carbocycles. The Bertz CT molecular complexity index is 848. The number of aliphatic hydroxyl groups is 1. The fraction of sp³-hybridized carbons (Fsp3) is 0.821. The summed E-state index contributed by atoms with van der Waals surface area (Å²) in [5.41, 5.74) is -2.03. The molecule has 3 saturated heterocycles. The summed E-state index contributed by atoms with van der Waals surface area (Å²) >= 11 is 0. The van der Waals surface area contributed by atoms with Crippen molar-refractivity contribution in [3.63, 3.8) is 0 Å². The maximum Gasteiger partial charge on any atom is 0.312 e. The lowest BCUT2D eigenvalue weighted by atomic mass is 9.62. The maximum absolute atomic E-state index is 14.4. The summed E-state index contributed by atoms with van der Waals surface area (Å²) in [4.78, 5) is 45.2. The van der Waals surface area contributed by atoms with Crippen LogP contribution in [0.3, 0.4) is 0 Å². The van der Waals surface area contributed by atoms with Crippen LogP contribution in [0.25, 0.3) is 0 Å². The first-order valence-corrected chi connectivity index (χ1v) is 13.8. The van der Waals surface area contributed by atoms with Gasteiger partial charge in [-0.15, -0.1) is 6.58 Å². The Balaban J connectivity index is 2.15. The molecule has 3 heterocycles. The fourth-order valence-electron chi connectivity index (χ4n) is 6.89. The molecule has 3 fully saturated rings. The summed E-state index contributed by atoms with van der Waals surface area (Å²) in [6, 6.07) is -1.46. The highest BCUT2D eigenvalue weighted by Gasteiger charge is 2.80. The molecule has 2 amide bonds. The van der Waals surface area contributed by atoms with Crippen molar-refractivity contribution in [3.05, 3.63) is 12.7 Å². The zero-order valence-corrected chi connectivity index (χ0v) is 23.0. The van der Waals surface area contributed by atoms with E-state index in [0.717, 1.165) is 25.7 Å². The van der Waals surface area contributed by atoms with E-state index < -0.39 is 41.1 Å². The quantitative estimate of drug-likeness (QED) is 0.234. The van der Waals surface area contributed by atoms with E-state index in [2.05, 4.69) is 13.5 Å². The maximum atomic E-state index is 14.4. The summed E-state index contributed by atoms with van der Waals surface area (Å²) < 4.78 is 12.2. The van der Waals surface area contributed by atoms with Crippen LogP contribution in [0.1, 0.15) is 73.6 Å². The highest BCUT2D eigenvalue weighted by atomic mass is 16.6. The average molecular weight is 507 g/mol. The van der Waals surface area contributed by atoms with Crippen molar-refractivity contribution >= 4 is 17.8 Å². The van der Waals surface area contributed by atoms with Crippen LogP contribution < -0.4 is 0 Å². The van der Waals surface area contributed by atoms with Gasteiger partial charge in [0.05, 0.1) is 30.8 Å². The van der Waals surface area contributed by atoms with Gasteiger partial charge in [0, 0.05) is 13.1 Å². The second kappa shape index (κ2) is 11.2. The van der Waals surface area contributed by atoms with Crippen molar-refractivity contribution < 1.29 is 29.0 Å². The number of nitrogens with zero attached hydrogens (tertiary/aromatic N) is 2. The number of unbranched alkanes of at least 4 members (excludes halogenated alkanes) is 2. The Hall–Kier alpha value is -1.93. The predicted octanol–water partition coefficient (Wildman–Crippen LogP) is 3.17. The molecule has 8 nitrogen and oxygen atoms in total. The Morgan fingerprint density at radius 2 is 2.03 bits per heavy atom. The van der Waals surface area contributed by atoms with Crippen LogP contribution in [0.2, 0.25) is 0 Å². The first kappa shape index (κ1) is 28.6. The molecule has 0 aromatic rings. The molecule has 36 heavy (non-hydrogen) atoms. The number of hydrogen-bond acceptors (Lipinski definition) is 6. The van der Waals surface area contributed by atoms with E-state index >= 15 is 0 Å². The zero-order valence-electron chi connectivity index (χ0n) is 23.0. The van der Waals surface area contributed by atoms with Gasteiger partial charge in [-0.3, -0.25) is 14.4 Å². The standard InChI is InChI=1S/C28H46N2O6/c1-8-12-13-15-29(14-9-2)25(33)23-28-16-19(6)27(7,36-28)22(26(34)35-11-4)21(28)24(32)30(23)20(17-31)18(5)10-3/h9,18-23,31H,2,8,10-17H2,1,3-7H3/t18-,19?,20-,21-,22-,23?,27+,28?/m0/s1. The largest absolute Gasteiger partial charge is 0.466 e. The molecule has 1 N–H and O–H groups in total. The third-order valence-electron chi connectivity index (χ3n) is 9.06. The Morgan fingerprint density at radius 3 is 2.58 bits per heavy atom. The minimum Gasteiger partial charge on any atom is -0.466 e. The summed E-state index contributed by atoms with van der Waals surface area (Å²) in [5, 5.41) is 10.4. The molecule has 0 saturated carbocycles. The molecule has 0 aliphatic carbocycles. The first-order chi connectivity index (χ1) is 17.1. The third-order valence-corrected chi connectivity index (χ3v) is 9.06. The van der Waals surface area contributed by atoms with E-state index in [9.17, 15) is 19.5 Å². The lowest BCUT2D eigenvalue weighted by Crippen LogP contribution is -2.60. The van der Waals surface area contributed by atoms with Gasteiger partial charge in [0.25, 0.3) is 0 Å². The van der Waals surface area contributed by atoms with Crippen LogP contribution in [-0.4, -0.2) is 82.3 Å². The predicted molar refractivity (Wildman–Crippen MR) is 137 cm³/mol. The van der Waals surface area contributed by atoms with Gasteiger partial charge in [-0.1, -0.05) is 53.0 Å². The number of carbonyl (C=O) groups is 3. The van der Waals surface area contributed by atoms with E-state index in [4.69, 9.17) is 9.47 Å². The molecule has 3 unspecified atom stereocenters. The van der Waals surface area contributed by atoms with Gasteiger partial charge >= 0.3 is 5.97 Å². The van der Waals surface area contributed by atoms with Gasteiger partial charge in [-0.2, -0.15) is 0 Å². The van der Waals surface area contributed by atoms with Crippen LogP contribution in [0.5, 0.6) is 0 Å². The minimum atomic E-state index is -1.13. The number of amides is 2. The molecule has 3 aliphatic rings. The molecular formula is C28H46N2O6. The molecule has 0 radical (unpaired) electrons. The van der Waals surface area contributed by atoms with Crippen molar-refractivity contribution in [1.29, 1.82) is 0 Å². The Labute approximate surface area is 216 Å². The second-order valence-corrected chi connectivity index (χ2v) is 11.1. The molecule has 1 spiro atoms. The molecule has 0 aromatic heterocycles. The van der Waals surface area contributed by atoms with Crippen molar-refractivity contribution in [2.24, 2.45) is 23.7 Å². The third kappa shape index (κ3) is 4.38. The zero-order chi connectivity index (χ0) is 26.8. The number of ether oxygens (including phenoxy) is 2. The summed E-state index contributed by atoms with van der Waals surface area (Å²) in [6.07, 6.45) is 5.80. The van der Waals surface area contributed by atoms with E-state index in [1.807, 2.05) is 27.7 Å². The lowest BCUT2D eigenvalue weighted by molar-refractivity contribution is -0.164. The molecule has 3 aliphatic heterocycles. The number of aliphatic hydroxyl groups excluding tert-OH is 1. The SMILES string of the molecule is C=CCN(CCCCC)C(=O)C1N([C@@H](CO)[C@@H](C)CC)C(=O)[C@@H]2[C@@H](C(=O)OCC)[C@]3(C)OC12CC3C. The van der Waals surface area contributed by atoms with Crippen LogP contribution in [-0.2, 0) is 23.9 Å². The highest BCUT2D eigenvalue weighted by Crippen LogP contribution is 2.65. The number of fused-ring (bicyclic) bond motifs is 1. The molecule has 8 heteroatoms. The van der Waals surface area contributed by atoms with Gasteiger partial charge in [0.1, 0.15) is 17.6 Å². The first-order valence-electron chi connectivity index (χ1n) is 13.8. The van der Waals surface area contributed by atoms with E-state index in [1.54, 1.807) is 22.8 Å². The van der Waals surface area contributed by atoms with Gasteiger partial charge in [-0.05, 0) is 38.5 Å². The molecule has 2 bridgehead atoms. The molecule has 8 atom stereocenters. The monoisotopic (exact) mass is 506 g/mol. The van der Waals surface area contributed by atoms with Gasteiger partial charge in [0.2, 0.25) is 11.8 Å². The number of esters is 1. The van der Waals surface area contributed by atoms with Gasteiger partial charge < -0.3 is 24.4 Å². The van der Waals surface area contributed by atoms with Crippen molar-refractivity contribution in [1.82, 2.24) is 9.80 Å². The van der Waals surface area contributed by atoms with Gasteiger partial charge in [0.15, 0.2) is 0 Å². The van der Waals surface area contributed by atoms with Crippen LogP contribution in [0, 0.1) is 23.7 Å². The molecule has 204 valence electrons. The topological polar surface area (TPSA) is 96.4 Å². The Kier molecular flexibility index (Phi) is 8.92. The van der Waals surface area contributed by atoms with E-state index in [-0.39, 0.29) is 36.9 Å². The van der Waals surface area contributed by atoms with Crippen molar-refractivity contribution in [2.45, 2.75) is 96.9 Å². The lowest BCUT2D eigenvalue weighted by Gasteiger charge is -2.41.